The monoisotopic (exact) mass is 233 g/mol. The van der Waals surface area contributed by atoms with Crippen LogP contribution in [0.4, 0.5) is 11.4 Å². The number of nitrogens with zero attached hydrogens (tertiary/aromatic N) is 1. The van der Waals surface area contributed by atoms with Crippen molar-refractivity contribution < 1.29 is 5.11 Å². The Labute approximate surface area is 102 Å². The van der Waals surface area contributed by atoms with Crippen LogP contribution in [0.25, 0.3) is 0 Å². The molecule has 92 valence electrons. The minimum Gasteiger partial charge on any atom is -0.397 e. The molecule has 0 saturated heterocycles. The van der Waals surface area contributed by atoms with Crippen LogP contribution in [-0.4, -0.2) is 18.3 Å². The Balaban J connectivity index is 2.60. The van der Waals surface area contributed by atoms with Crippen LogP contribution in [0, 0.1) is 17.2 Å². The van der Waals surface area contributed by atoms with Crippen molar-refractivity contribution >= 4 is 11.4 Å². The fourth-order valence-electron chi connectivity index (χ4n) is 1.68. The largest absolute Gasteiger partial charge is 0.397 e. The first kappa shape index (κ1) is 13.3. The maximum Gasteiger partial charge on any atom is 0.0992 e. The van der Waals surface area contributed by atoms with Crippen molar-refractivity contribution in [1.82, 2.24) is 0 Å². The van der Waals surface area contributed by atoms with E-state index in [4.69, 9.17) is 16.1 Å². The second-order valence-corrected chi connectivity index (χ2v) is 4.08. The Morgan fingerprint density at radius 1 is 1.53 bits per heavy atom. The van der Waals surface area contributed by atoms with Gasteiger partial charge in [-0.3, -0.25) is 0 Å². The third-order valence-corrected chi connectivity index (χ3v) is 2.88. The van der Waals surface area contributed by atoms with Gasteiger partial charge in [0, 0.05) is 13.2 Å². The Hall–Kier alpha value is -1.73. The fourth-order valence-corrected chi connectivity index (χ4v) is 1.68. The quantitative estimate of drug-likeness (QED) is 0.656. The Bertz CT molecular complexity index is 398. The standard InChI is InChI=1S/C13H19N3O/c1-2-10(5-6-17)9-16-13-4-3-11(8-14)7-12(13)15/h3-4,7,10,16-17H,2,5-6,9,15H2,1H3. The summed E-state index contributed by atoms with van der Waals surface area (Å²) >= 11 is 0. The molecule has 0 heterocycles. The first-order valence-electron chi connectivity index (χ1n) is 5.85. The van der Waals surface area contributed by atoms with Crippen LogP contribution in [0.1, 0.15) is 25.3 Å². The molecule has 0 aliphatic carbocycles. The molecule has 0 aliphatic rings. The predicted octanol–water partition coefficient (Wildman–Crippen LogP) is 1.96. The average molecular weight is 233 g/mol. The van der Waals surface area contributed by atoms with Crippen LogP contribution >= 0.6 is 0 Å². The van der Waals surface area contributed by atoms with Crippen molar-refractivity contribution in [2.45, 2.75) is 19.8 Å². The molecule has 17 heavy (non-hydrogen) atoms. The highest BCUT2D eigenvalue weighted by atomic mass is 16.3. The number of benzene rings is 1. The Kier molecular flexibility index (Phi) is 5.31. The molecule has 0 amide bonds. The number of nitriles is 1. The third-order valence-electron chi connectivity index (χ3n) is 2.88. The van der Waals surface area contributed by atoms with Crippen molar-refractivity contribution in [3.8, 4) is 6.07 Å². The second kappa shape index (κ2) is 6.77. The number of nitrogens with one attached hydrogen (secondary N) is 1. The molecule has 0 fully saturated rings. The van der Waals surface area contributed by atoms with Crippen LogP contribution in [0.15, 0.2) is 18.2 Å². The normalized spacial score (nSPS) is 11.8. The van der Waals surface area contributed by atoms with E-state index < -0.39 is 0 Å². The summed E-state index contributed by atoms with van der Waals surface area (Å²) in [7, 11) is 0. The first-order valence-corrected chi connectivity index (χ1v) is 5.85. The molecule has 1 atom stereocenters. The molecular formula is C13H19N3O. The van der Waals surface area contributed by atoms with Gasteiger partial charge in [0.15, 0.2) is 0 Å². The lowest BCUT2D eigenvalue weighted by Crippen LogP contribution is -2.15. The molecule has 1 aromatic carbocycles. The average Bonchev–Trinajstić information content (AvgIpc) is 2.35. The Morgan fingerprint density at radius 2 is 2.29 bits per heavy atom. The molecule has 0 aromatic heterocycles. The van der Waals surface area contributed by atoms with Crippen molar-refractivity contribution in [2.24, 2.45) is 5.92 Å². The molecule has 4 heteroatoms. The molecule has 0 bridgehead atoms. The van der Waals surface area contributed by atoms with E-state index in [0.717, 1.165) is 25.1 Å². The van der Waals surface area contributed by atoms with Crippen molar-refractivity contribution in [1.29, 1.82) is 5.26 Å². The molecule has 1 rings (SSSR count). The van der Waals surface area contributed by atoms with Gasteiger partial charge in [-0.15, -0.1) is 0 Å². The minimum absolute atomic E-state index is 0.211. The maximum absolute atomic E-state index is 8.90. The molecule has 1 unspecified atom stereocenters. The minimum atomic E-state index is 0.211. The topological polar surface area (TPSA) is 82.1 Å². The number of hydrogen-bond acceptors (Lipinski definition) is 4. The van der Waals surface area contributed by atoms with Gasteiger partial charge in [0.05, 0.1) is 23.0 Å². The molecule has 0 spiro atoms. The van der Waals surface area contributed by atoms with Gasteiger partial charge in [0.25, 0.3) is 0 Å². The summed E-state index contributed by atoms with van der Waals surface area (Å²) in [5, 5.41) is 20.9. The number of anilines is 2. The molecule has 4 N–H and O–H groups in total. The number of rotatable bonds is 6. The molecule has 0 radical (unpaired) electrons. The van der Waals surface area contributed by atoms with Crippen LogP contribution in [-0.2, 0) is 0 Å². The lowest BCUT2D eigenvalue weighted by atomic mass is 10.0. The third kappa shape index (κ3) is 3.97. The van der Waals surface area contributed by atoms with E-state index in [1.807, 2.05) is 6.07 Å². The number of hydrogen-bond donors (Lipinski definition) is 3. The fraction of sp³-hybridized carbons (Fsp3) is 0.462. The van der Waals surface area contributed by atoms with Crippen molar-refractivity contribution in [3.05, 3.63) is 23.8 Å². The zero-order valence-electron chi connectivity index (χ0n) is 10.1. The van der Waals surface area contributed by atoms with E-state index >= 15 is 0 Å². The van der Waals surface area contributed by atoms with E-state index in [2.05, 4.69) is 18.3 Å². The van der Waals surface area contributed by atoms with E-state index in [1.54, 1.807) is 12.1 Å². The van der Waals surface area contributed by atoms with E-state index in [0.29, 0.717) is 17.2 Å². The van der Waals surface area contributed by atoms with Crippen molar-refractivity contribution in [3.63, 3.8) is 0 Å². The lowest BCUT2D eigenvalue weighted by Gasteiger charge is -2.16. The summed E-state index contributed by atoms with van der Waals surface area (Å²) in [6, 6.07) is 7.27. The van der Waals surface area contributed by atoms with Gasteiger partial charge >= 0.3 is 0 Å². The highest BCUT2D eigenvalue weighted by Gasteiger charge is 2.06. The van der Waals surface area contributed by atoms with Gasteiger partial charge in [0.2, 0.25) is 0 Å². The van der Waals surface area contributed by atoms with E-state index in [-0.39, 0.29) is 6.61 Å². The molecule has 0 aliphatic heterocycles. The SMILES string of the molecule is CCC(CCO)CNc1ccc(C#N)cc1N. The smallest absolute Gasteiger partial charge is 0.0992 e. The van der Waals surface area contributed by atoms with Crippen LogP contribution in [0.3, 0.4) is 0 Å². The summed E-state index contributed by atoms with van der Waals surface area (Å²) < 4.78 is 0. The number of nitrogen functional groups attached to an aromatic ring is 1. The first-order chi connectivity index (χ1) is 8.21. The predicted molar refractivity (Wildman–Crippen MR) is 69.5 cm³/mol. The Morgan fingerprint density at radius 3 is 2.82 bits per heavy atom. The van der Waals surface area contributed by atoms with E-state index in [1.165, 1.54) is 0 Å². The maximum atomic E-state index is 8.90. The lowest BCUT2D eigenvalue weighted by molar-refractivity contribution is 0.258. The van der Waals surface area contributed by atoms with Gasteiger partial charge in [-0.2, -0.15) is 5.26 Å². The van der Waals surface area contributed by atoms with E-state index in [9.17, 15) is 0 Å². The van der Waals surface area contributed by atoms with Gasteiger partial charge < -0.3 is 16.2 Å². The molecular weight excluding hydrogens is 214 g/mol. The van der Waals surface area contributed by atoms with Crippen LogP contribution in [0.2, 0.25) is 0 Å². The summed E-state index contributed by atoms with van der Waals surface area (Å²) in [6.45, 7) is 3.10. The van der Waals surface area contributed by atoms with Gasteiger partial charge in [0.1, 0.15) is 0 Å². The van der Waals surface area contributed by atoms with Crippen LogP contribution in [0.5, 0.6) is 0 Å². The van der Waals surface area contributed by atoms with Crippen LogP contribution < -0.4 is 11.1 Å². The summed E-state index contributed by atoms with van der Waals surface area (Å²) in [4.78, 5) is 0. The molecule has 1 aromatic rings. The van der Waals surface area contributed by atoms with Gasteiger partial charge in [-0.1, -0.05) is 13.3 Å². The second-order valence-electron chi connectivity index (χ2n) is 4.08. The number of aliphatic hydroxyl groups is 1. The number of nitrogens with two attached hydrogens (primary N) is 1. The van der Waals surface area contributed by atoms with Crippen molar-refractivity contribution in [2.75, 3.05) is 24.2 Å². The molecule has 4 nitrogen and oxygen atoms in total. The highest BCUT2D eigenvalue weighted by Crippen LogP contribution is 2.20. The zero-order chi connectivity index (χ0) is 12.7. The summed E-state index contributed by atoms with van der Waals surface area (Å²) in [6.07, 6.45) is 1.81. The zero-order valence-corrected chi connectivity index (χ0v) is 10.1. The highest BCUT2D eigenvalue weighted by molar-refractivity contribution is 5.68. The molecule has 0 saturated carbocycles. The van der Waals surface area contributed by atoms with Gasteiger partial charge in [-0.05, 0) is 30.5 Å². The summed E-state index contributed by atoms with van der Waals surface area (Å²) in [5.41, 5.74) is 7.83. The van der Waals surface area contributed by atoms with Gasteiger partial charge in [-0.25, -0.2) is 0 Å². The number of aliphatic hydroxyl groups excluding tert-OH is 1. The summed E-state index contributed by atoms with van der Waals surface area (Å²) in [5.74, 6) is 0.440.